The molecule has 0 aliphatic heterocycles. The van der Waals surface area contributed by atoms with Gasteiger partial charge in [0.15, 0.2) is 0 Å². The van der Waals surface area contributed by atoms with Crippen LogP contribution < -0.4 is 10.6 Å². The molecule has 0 spiro atoms. The van der Waals surface area contributed by atoms with Crippen molar-refractivity contribution < 1.29 is 14.8 Å². The first kappa shape index (κ1) is 15.5. The van der Waals surface area contributed by atoms with Crippen molar-refractivity contribution in [2.45, 2.75) is 19.4 Å². The minimum Gasteiger partial charge on any atom is -0.465 e. The number of benzene rings is 1. The molecule has 8 heteroatoms. The van der Waals surface area contributed by atoms with Gasteiger partial charge in [0.2, 0.25) is 0 Å². The van der Waals surface area contributed by atoms with Gasteiger partial charge in [0, 0.05) is 18.0 Å². The van der Waals surface area contributed by atoms with Crippen molar-refractivity contribution in [1.82, 2.24) is 10.3 Å². The highest BCUT2D eigenvalue weighted by molar-refractivity contribution is 5.95. The zero-order chi connectivity index (χ0) is 16.1. The lowest BCUT2D eigenvalue weighted by molar-refractivity contribution is -0.384. The van der Waals surface area contributed by atoms with Gasteiger partial charge in [-0.2, -0.15) is 0 Å². The molecule has 0 saturated carbocycles. The molecule has 0 unspecified atom stereocenters. The van der Waals surface area contributed by atoms with Crippen LogP contribution in [0.1, 0.15) is 13.3 Å². The third-order valence-electron chi connectivity index (χ3n) is 3.20. The summed E-state index contributed by atoms with van der Waals surface area (Å²) in [6, 6.07) is 7.00. The number of fused-ring (bicyclic) bond motifs is 1. The van der Waals surface area contributed by atoms with Crippen molar-refractivity contribution >= 4 is 28.4 Å². The number of anilines is 1. The summed E-state index contributed by atoms with van der Waals surface area (Å²) in [6.07, 6.45) is 0.639. The van der Waals surface area contributed by atoms with Gasteiger partial charge >= 0.3 is 11.8 Å². The highest BCUT2D eigenvalue weighted by Crippen LogP contribution is 2.32. The maximum Gasteiger partial charge on any atom is 0.404 e. The van der Waals surface area contributed by atoms with Crippen molar-refractivity contribution in [3.8, 4) is 0 Å². The van der Waals surface area contributed by atoms with E-state index in [4.69, 9.17) is 5.11 Å². The highest BCUT2D eigenvalue weighted by Gasteiger charge is 2.19. The summed E-state index contributed by atoms with van der Waals surface area (Å²) < 4.78 is 0. The van der Waals surface area contributed by atoms with Crippen LogP contribution in [0.2, 0.25) is 0 Å². The molecule has 0 aliphatic carbocycles. The van der Waals surface area contributed by atoms with Gasteiger partial charge in [0.1, 0.15) is 11.9 Å². The summed E-state index contributed by atoms with van der Waals surface area (Å²) in [7, 11) is 0. The first-order valence-electron chi connectivity index (χ1n) is 6.74. The third-order valence-corrected chi connectivity index (χ3v) is 3.20. The van der Waals surface area contributed by atoms with Crippen LogP contribution in [-0.2, 0) is 0 Å². The predicted octanol–water partition coefficient (Wildman–Crippen LogP) is 2.60. The molecule has 1 heterocycles. The summed E-state index contributed by atoms with van der Waals surface area (Å²) in [5.74, 6) is 0. The van der Waals surface area contributed by atoms with Gasteiger partial charge in [-0.15, -0.1) is 0 Å². The number of hydrogen-bond donors (Lipinski definition) is 3. The Morgan fingerprint density at radius 1 is 1.45 bits per heavy atom. The minimum atomic E-state index is -1.09. The summed E-state index contributed by atoms with van der Waals surface area (Å²) in [4.78, 5) is 25.2. The number of para-hydroxylation sites is 1. The lowest BCUT2D eigenvalue weighted by atomic mass is 10.1. The van der Waals surface area contributed by atoms with E-state index in [1.807, 2.05) is 13.0 Å². The normalized spacial score (nSPS) is 11.9. The second-order valence-corrected chi connectivity index (χ2v) is 4.86. The Labute approximate surface area is 126 Å². The van der Waals surface area contributed by atoms with E-state index in [1.54, 1.807) is 18.2 Å². The summed E-state index contributed by atoms with van der Waals surface area (Å²) >= 11 is 0. The zero-order valence-electron chi connectivity index (χ0n) is 11.9. The lowest BCUT2D eigenvalue weighted by Gasteiger charge is -2.16. The third kappa shape index (κ3) is 3.60. The molecule has 1 aromatic carbocycles. The van der Waals surface area contributed by atoms with E-state index in [2.05, 4.69) is 15.6 Å². The fourth-order valence-corrected chi connectivity index (χ4v) is 2.14. The molecule has 0 fully saturated rings. The molecule has 2 aromatic rings. The topological polar surface area (TPSA) is 117 Å². The first-order valence-corrected chi connectivity index (χ1v) is 6.74. The molecular formula is C14H16N4O4. The van der Waals surface area contributed by atoms with Crippen LogP contribution >= 0.6 is 0 Å². The largest absolute Gasteiger partial charge is 0.465 e. The maximum absolute atomic E-state index is 11.2. The number of hydrogen-bond acceptors (Lipinski definition) is 5. The van der Waals surface area contributed by atoms with Crippen LogP contribution in [0.5, 0.6) is 0 Å². The van der Waals surface area contributed by atoms with Gasteiger partial charge < -0.3 is 15.7 Å². The lowest BCUT2D eigenvalue weighted by Crippen LogP contribution is -2.27. The number of rotatable bonds is 6. The average molecular weight is 304 g/mol. The fraction of sp³-hybridized carbons (Fsp3) is 0.286. The Balaban J connectivity index is 2.26. The summed E-state index contributed by atoms with van der Waals surface area (Å²) in [6.45, 7) is 2.10. The summed E-state index contributed by atoms with van der Waals surface area (Å²) in [5, 5.41) is 25.8. The van der Waals surface area contributed by atoms with Gasteiger partial charge in [0.25, 0.3) is 0 Å². The fourth-order valence-electron chi connectivity index (χ4n) is 2.14. The summed E-state index contributed by atoms with van der Waals surface area (Å²) in [5.41, 5.74) is 0.960. The van der Waals surface area contributed by atoms with Gasteiger partial charge in [0.05, 0.1) is 10.4 Å². The Morgan fingerprint density at radius 2 is 2.18 bits per heavy atom. The van der Waals surface area contributed by atoms with E-state index in [-0.39, 0.29) is 18.3 Å². The number of pyridine rings is 1. The Morgan fingerprint density at radius 3 is 2.86 bits per heavy atom. The maximum atomic E-state index is 11.2. The number of carbonyl (C=O) groups is 1. The van der Waals surface area contributed by atoms with Crippen molar-refractivity contribution in [2.24, 2.45) is 0 Å². The van der Waals surface area contributed by atoms with E-state index in [9.17, 15) is 14.9 Å². The van der Waals surface area contributed by atoms with Crippen molar-refractivity contribution in [1.29, 1.82) is 0 Å². The predicted molar refractivity (Wildman–Crippen MR) is 82.1 cm³/mol. The first-order chi connectivity index (χ1) is 10.5. The monoisotopic (exact) mass is 304 g/mol. The number of nitrogens with zero attached hydrogens (tertiary/aromatic N) is 2. The number of amides is 1. The number of nitro groups is 1. The van der Waals surface area contributed by atoms with E-state index >= 15 is 0 Å². The van der Waals surface area contributed by atoms with Gasteiger partial charge in [-0.1, -0.05) is 18.2 Å². The van der Waals surface area contributed by atoms with Crippen LogP contribution in [0.25, 0.3) is 10.9 Å². The molecule has 1 atom stereocenters. The smallest absolute Gasteiger partial charge is 0.404 e. The van der Waals surface area contributed by atoms with Crippen LogP contribution in [0.4, 0.5) is 16.2 Å². The molecule has 2 rings (SSSR count). The molecule has 1 aromatic heterocycles. The standard InChI is InChI=1S/C14H16N4O4/c1-9(6-7-15-14(19)20)17-13-10-4-2-3-5-11(10)16-8-12(13)18(21)22/h2-5,8-9,15H,6-7H2,1H3,(H,16,17)(H,19,20)/t9-/m1/s1. The molecule has 1 amide bonds. The van der Waals surface area contributed by atoms with E-state index in [1.165, 1.54) is 6.20 Å². The van der Waals surface area contributed by atoms with Crippen molar-refractivity contribution in [2.75, 3.05) is 11.9 Å². The van der Waals surface area contributed by atoms with Crippen molar-refractivity contribution in [3.63, 3.8) is 0 Å². The van der Waals surface area contributed by atoms with Crippen LogP contribution in [0.3, 0.4) is 0 Å². The van der Waals surface area contributed by atoms with Crippen LogP contribution in [0.15, 0.2) is 30.5 Å². The molecule has 22 heavy (non-hydrogen) atoms. The Hall–Kier alpha value is -2.90. The molecule has 116 valence electrons. The van der Waals surface area contributed by atoms with Gasteiger partial charge in [-0.25, -0.2) is 9.78 Å². The minimum absolute atomic E-state index is 0.100. The van der Waals surface area contributed by atoms with E-state index in [0.29, 0.717) is 23.0 Å². The zero-order valence-corrected chi connectivity index (χ0v) is 11.9. The molecule has 0 saturated heterocycles. The van der Waals surface area contributed by atoms with Crippen LogP contribution in [-0.4, -0.2) is 33.7 Å². The molecule has 0 bridgehead atoms. The van der Waals surface area contributed by atoms with Crippen molar-refractivity contribution in [3.05, 3.63) is 40.6 Å². The van der Waals surface area contributed by atoms with E-state index in [0.717, 1.165) is 0 Å². The number of carboxylic acid groups (broad SMARTS) is 1. The molecule has 8 nitrogen and oxygen atoms in total. The SMILES string of the molecule is C[C@H](CCNC(=O)O)Nc1c([N+](=O)[O-])cnc2ccccc12. The number of nitrogens with one attached hydrogen (secondary N) is 2. The molecule has 0 aliphatic rings. The quantitative estimate of drug-likeness (QED) is 0.557. The molecule has 3 N–H and O–H groups in total. The van der Waals surface area contributed by atoms with Gasteiger partial charge in [-0.3, -0.25) is 10.1 Å². The average Bonchev–Trinajstić information content (AvgIpc) is 2.46. The second kappa shape index (κ2) is 6.70. The Bertz CT molecular complexity index is 704. The molecular weight excluding hydrogens is 288 g/mol. The Kier molecular flexibility index (Phi) is 4.72. The molecule has 0 radical (unpaired) electrons. The van der Waals surface area contributed by atoms with E-state index < -0.39 is 11.0 Å². The highest BCUT2D eigenvalue weighted by atomic mass is 16.6. The number of aromatic nitrogens is 1. The second-order valence-electron chi connectivity index (χ2n) is 4.86. The van der Waals surface area contributed by atoms with Gasteiger partial charge in [-0.05, 0) is 19.4 Å². The van der Waals surface area contributed by atoms with Crippen LogP contribution in [0, 0.1) is 10.1 Å².